The maximum absolute atomic E-state index is 12.2. The second-order valence-electron chi connectivity index (χ2n) is 6.10. The Bertz CT molecular complexity index is 915. The fourth-order valence-electron chi connectivity index (χ4n) is 2.24. The normalized spacial score (nSPS) is 12.2. The van der Waals surface area contributed by atoms with Gasteiger partial charge >= 0.3 is 5.97 Å². The van der Waals surface area contributed by atoms with E-state index in [0.717, 1.165) is 0 Å². The topological polar surface area (TPSA) is 105 Å². The molecule has 144 valence electrons. The first-order valence-electron chi connectivity index (χ1n) is 8.59. The summed E-state index contributed by atoms with van der Waals surface area (Å²) < 4.78 is 10.6. The second kappa shape index (κ2) is 9.33. The first kappa shape index (κ1) is 20.6. The third-order valence-electron chi connectivity index (χ3n) is 3.83. The number of anilines is 1. The van der Waals surface area contributed by atoms with Crippen molar-refractivity contribution in [3.63, 3.8) is 0 Å². The van der Waals surface area contributed by atoms with Crippen LogP contribution in [0.4, 0.5) is 5.69 Å². The van der Waals surface area contributed by atoms with Crippen LogP contribution in [0.2, 0.25) is 0 Å². The Morgan fingerprint density at radius 2 is 1.71 bits per heavy atom. The Morgan fingerprint density at radius 3 is 2.32 bits per heavy atom. The number of benzene rings is 2. The maximum Gasteiger partial charge on any atom is 0.347 e. The highest BCUT2D eigenvalue weighted by Gasteiger charge is 2.23. The standard InChI is InChI=1S/C21H20N2O5/c1-13(24)17-5-4-6-18(11-17)23-20(25)14(2)28-21(26)15(3)27-19-9-7-16(12-22)8-10-19/h4-11,14-15H,1-3H3,(H,23,25)/t14-,15+/m0/s1. The van der Waals surface area contributed by atoms with Gasteiger partial charge in [0.1, 0.15) is 5.75 Å². The second-order valence-corrected chi connectivity index (χ2v) is 6.10. The van der Waals surface area contributed by atoms with Crippen LogP contribution >= 0.6 is 0 Å². The Labute approximate surface area is 162 Å². The fourth-order valence-corrected chi connectivity index (χ4v) is 2.24. The molecule has 7 heteroatoms. The molecule has 0 heterocycles. The van der Waals surface area contributed by atoms with Crippen LogP contribution in [0.25, 0.3) is 0 Å². The van der Waals surface area contributed by atoms with Gasteiger partial charge in [0.2, 0.25) is 0 Å². The molecule has 2 atom stereocenters. The van der Waals surface area contributed by atoms with E-state index < -0.39 is 24.1 Å². The lowest BCUT2D eigenvalue weighted by atomic mass is 10.1. The van der Waals surface area contributed by atoms with Crippen molar-refractivity contribution in [3.8, 4) is 11.8 Å². The van der Waals surface area contributed by atoms with E-state index in [2.05, 4.69) is 5.32 Å². The number of hydrogen-bond acceptors (Lipinski definition) is 6. The average molecular weight is 380 g/mol. The lowest BCUT2D eigenvalue weighted by Gasteiger charge is -2.18. The predicted molar refractivity (Wildman–Crippen MR) is 102 cm³/mol. The van der Waals surface area contributed by atoms with Gasteiger partial charge in [-0.1, -0.05) is 12.1 Å². The quantitative estimate of drug-likeness (QED) is 0.584. The minimum Gasteiger partial charge on any atom is -0.479 e. The summed E-state index contributed by atoms with van der Waals surface area (Å²) >= 11 is 0. The Balaban J connectivity index is 1.91. The van der Waals surface area contributed by atoms with Crippen molar-refractivity contribution in [2.75, 3.05) is 5.32 Å². The number of carbonyl (C=O) groups is 3. The number of rotatable bonds is 7. The van der Waals surface area contributed by atoms with Crippen LogP contribution in [-0.4, -0.2) is 29.9 Å². The molecule has 1 amide bonds. The molecule has 0 aliphatic rings. The fraction of sp³-hybridized carbons (Fsp3) is 0.238. The molecule has 1 N–H and O–H groups in total. The van der Waals surface area contributed by atoms with Gasteiger partial charge in [-0.3, -0.25) is 9.59 Å². The van der Waals surface area contributed by atoms with E-state index in [0.29, 0.717) is 22.6 Å². The van der Waals surface area contributed by atoms with Gasteiger partial charge in [-0.2, -0.15) is 5.26 Å². The van der Waals surface area contributed by atoms with Crippen LogP contribution in [0.15, 0.2) is 48.5 Å². The highest BCUT2D eigenvalue weighted by molar-refractivity contribution is 5.98. The van der Waals surface area contributed by atoms with Crippen molar-refractivity contribution < 1.29 is 23.9 Å². The highest BCUT2D eigenvalue weighted by atomic mass is 16.6. The minimum absolute atomic E-state index is 0.121. The van der Waals surface area contributed by atoms with Gasteiger partial charge in [-0.05, 0) is 57.2 Å². The van der Waals surface area contributed by atoms with E-state index in [4.69, 9.17) is 14.7 Å². The van der Waals surface area contributed by atoms with Crippen molar-refractivity contribution in [3.05, 3.63) is 59.7 Å². The van der Waals surface area contributed by atoms with E-state index in [9.17, 15) is 14.4 Å². The third kappa shape index (κ3) is 5.68. The number of nitrogens with one attached hydrogen (secondary N) is 1. The number of amides is 1. The Kier molecular flexibility index (Phi) is 6.88. The predicted octanol–water partition coefficient (Wildman–Crippen LogP) is 3.10. The van der Waals surface area contributed by atoms with Gasteiger partial charge in [0.25, 0.3) is 5.91 Å². The smallest absolute Gasteiger partial charge is 0.347 e. The number of Topliss-reactive ketones (excluding diaryl/α,β-unsaturated/α-hetero) is 1. The lowest BCUT2D eigenvalue weighted by Crippen LogP contribution is -2.35. The van der Waals surface area contributed by atoms with Crippen molar-refractivity contribution in [2.24, 2.45) is 0 Å². The number of esters is 1. The molecule has 0 aromatic heterocycles. The molecular weight excluding hydrogens is 360 g/mol. The van der Waals surface area contributed by atoms with E-state index in [1.807, 2.05) is 6.07 Å². The van der Waals surface area contributed by atoms with Crippen LogP contribution in [0.3, 0.4) is 0 Å². The van der Waals surface area contributed by atoms with E-state index in [-0.39, 0.29) is 5.78 Å². The van der Waals surface area contributed by atoms with Crippen LogP contribution in [0, 0.1) is 11.3 Å². The number of nitriles is 1. The molecule has 28 heavy (non-hydrogen) atoms. The average Bonchev–Trinajstić information content (AvgIpc) is 2.68. The molecule has 0 unspecified atom stereocenters. The number of nitrogens with zero attached hydrogens (tertiary/aromatic N) is 1. The molecule has 0 fully saturated rings. The molecule has 2 aromatic rings. The van der Waals surface area contributed by atoms with Crippen LogP contribution in [0.1, 0.15) is 36.7 Å². The van der Waals surface area contributed by atoms with Crippen molar-refractivity contribution in [1.82, 2.24) is 0 Å². The molecule has 2 aromatic carbocycles. The highest BCUT2D eigenvalue weighted by Crippen LogP contribution is 2.15. The maximum atomic E-state index is 12.2. The number of hydrogen-bond donors (Lipinski definition) is 1. The number of ether oxygens (including phenoxy) is 2. The first-order valence-corrected chi connectivity index (χ1v) is 8.59. The molecule has 7 nitrogen and oxygen atoms in total. The monoisotopic (exact) mass is 380 g/mol. The van der Waals surface area contributed by atoms with Crippen LogP contribution in [0.5, 0.6) is 5.75 Å². The summed E-state index contributed by atoms with van der Waals surface area (Å²) in [6, 6.07) is 14.7. The van der Waals surface area contributed by atoms with Gasteiger partial charge in [0.05, 0.1) is 11.6 Å². The zero-order valence-corrected chi connectivity index (χ0v) is 15.8. The van der Waals surface area contributed by atoms with Crippen LogP contribution < -0.4 is 10.1 Å². The molecule has 0 aliphatic heterocycles. The minimum atomic E-state index is -1.06. The molecule has 0 saturated heterocycles. The number of ketones is 1. The summed E-state index contributed by atoms with van der Waals surface area (Å²) in [4.78, 5) is 35.8. The summed E-state index contributed by atoms with van der Waals surface area (Å²) in [7, 11) is 0. The summed E-state index contributed by atoms with van der Waals surface area (Å²) in [6.45, 7) is 4.37. The summed E-state index contributed by atoms with van der Waals surface area (Å²) in [6.07, 6.45) is -2.00. The van der Waals surface area contributed by atoms with Crippen molar-refractivity contribution >= 4 is 23.3 Å². The van der Waals surface area contributed by atoms with Crippen molar-refractivity contribution in [2.45, 2.75) is 33.0 Å². The first-order chi connectivity index (χ1) is 13.3. The van der Waals surface area contributed by atoms with Gasteiger partial charge in [-0.15, -0.1) is 0 Å². The van der Waals surface area contributed by atoms with Gasteiger partial charge < -0.3 is 14.8 Å². The van der Waals surface area contributed by atoms with E-state index in [1.54, 1.807) is 48.5 Å². The molecular formula is C21H20N2O5. The SMILES string of the molecule is CC(=O)c1cccc(NC(=O)[C@H](C)OC(=O)[C@@H](C)Oc2ccc(C#N)cc2)c1. The Hall–Kier alpha value is -3.66. The third-order valence-corrected chi connectivity index (χ3v) is 3.83. The largest absolute Gasteiger partial charge is 0.479 e. The van der Waals surface area contributed by atoms with Gasteiger partial charge in [-0.25, -0.2) is 4.79 Å². The molecule has 0 aliphatic carbocycles. The summed E-state index contributed by atoms with van der Waals surface area (Å²) in [5, 5.41) is 11.4. The summed E-state index contributed by atoms with van der Waals surface area (Å²) in [5.41, 5.74) is 1.37. The molecule has 0 spiro atoms. The van der Waals surface area contributed by atoms with Crippen molar-refractivity contribution in [1.29, 1.82) is 5.26 Å². The number of carbonyl (C=O) groups excluding carboxylic acids is 3. The van der Waals surface area contributed by atoms with Crippen LogP contribution in [-0.2, 0) is 14.3 Å². The zero-order valence-electron chi connectivity index (χ0n) is 15.8. The lowest BCUT2D eigenvalue weighted by molar-refractivity contribution is -0.159. The summed E-state index contributed by atoms with van der Waals surface area (Å²) in [5.74, 6) is -0.949. The molecule has 0 saturated carbocycles. The van der Waals surface area contributed by atoms with Gasteiger partial charge in [0, 0.05) is 11.3 Å². The van der Waals surface area contributed by atoms with E-state index >= 15 is 0 Å². The molecule has 2 rings (SSSR count). The molecule has 0 radical (unpaired) electrons. The van der Waals surface area contributed by atoms with Gasteiger partial charge in [0.15, 0.2) is 18.0 Å². The Morgan fingerprint density at radius 1 is 1.04 bits per heavy atom. The van der Waals surface area contributed by atoms with E-state index in [1.165, 1.54) is 20.8 Å². The zero-order chi connectivity index (χ0) is 20.7. The molecule has 0 bridgehead atoms.